The summed E-state index contributed by atoms with van der Waals surface area (Å²) in [6, 6.07) is 13.9. The molecule has 4 rings (SSSR count). The van der Waals surface area contributed by atoms with Gasteiger partial charge in [0.05, 0.1) is 28.4 Å². The zero-order valence-corrected chi connectivity index (χ0v) is 18.5. The predicted molar refractivity (Wildman–Crippen MR) is 126 cm³/mol. The minimum Gasteiger partial charge on any atom is -0.490 e. The van der Waals surface area contributed by atoms with Crippen LogP contribution in [0.4, 0.5) is 5.69 Å². The van der Waals surface area contributed by atoms with Crippen LogP contribution in [0.5, 0.6) is 11.5 Å². The molecule has 28 heavy (non-hydrogen) atoms. The molecule has 0 unspecified atom stereocenters. The number of nitrogens with zero attached hydrogens (tertiary/aromatic N) is 2. The molecule has 148 valence electrons. The summed E-state index contributed by atoms with van der Waals surface area (Å²) in [5, 5.41) is 4.25. The van der Waals surface area contributed by atoms with Crippen LogP contribution < -0.4 is 20.5 Å². The number of rotatable bonds is 5. The minimum atomic E-state index is 0. The number of nitrogens with two attached hydrogens (primary N) is 1. The second kappa shape index (κ2) is 9.92. The summed E-state index contributed by atoms with van der Waals surface area (Å²) in [5.41, 5.74) is 7.91. The predicted octanol–water partition coefficient (Wildman–Crippen LogP) is 4.44. The fraction of sp³-hybridized carbons (Fsp3) is 0.300. The summed E-state index contributed by atoms with van der Waals surface area (Å²) in [6.07, 6.45) is 2.69. The number of nitrogens with one attached hydrogen (secondary N) is 1. The molecular weight excluding hydrogens is 487 g/mol. The van der Waals surface area contributed by atoms with E-state index in [-0.39, 0.29) is 24.0 Å². The Balaban J connectivity index is 0.00000225. The number of anilines is 1. The lowest BCUT2D eigenvalue weighted by molar-refractivity contribution is 0.297. The molecule has 0 fully saturated rings. The molecule has 1 aliphatic rings. The van der Waals surface area contributed by atoms with E-state index in [0.29, 0.717) is 25.7 Å². The van der Waals surface area contributed by atoms with Gasteiger partial charge in [0.25, 0.3) is 0 Å². The molecule has 0 radical (unpaired) electrons. The van der Waals surface area contributed by atoms with E-state index >= 15 is 0 Å². The van der Waals surface area contributed by atoms with Crippen molar-refractivity contribution in [2.75, 3.05) is 25.1 Å². The van der Waals surface area contributed by atoms with Gasteiger partial charge in [0.2, 0.25) is 0 Å². The van der Waals surface area contributed by atoms with Crippen LogP contribution in [0.1, 0.15) is 17.8 Å². The number of guanidine groups is 1. The minimum absolute atomic E-state index is 0. The molecule has 1 aliphatic heterocycles. The molecule has 0 saturated carbocycles. The first-order valence-electron chi connectivity index (χ1n) is 9.09. The third-order valence-electron chi connectivity index (χ3n) is 4.19. The van der Waals surface area contributed by atoms with Crippen LogP contribution in [-0.4, -0.2) is 30.7 Å². The second-order valence-electron chi connectivity index (χ2n) is 6.28. The molecule has 0 amide bonds. The number of ether oxygens (including phenoxy) is 2. The van der Waals surface area contributed by atoms with E-state index in [4.69, 9.17) is 15.2 Å². The highest BCUT2D eigenvalue weighted by Gasteiger charge is 2.10. The van der Waals surface area contributed by atoms with Gasteiger partial charge in [-0.1, -0.05) is 12.1 Å². The number of para-hydroxylation sites is 1. The van der Waals surface area contributed by atoms with Crippen LogP contribution >= 0.6 is 35.3 Å². The number of hydrogen-bond donors (Lipinski definition) is 2. The van der Waals surface area contributed by atoms with Crippen molar-refractivity contribution in [2.45, 2.75) is 19.3 Å². The number of benzene rings is 2. The van der Waals surface area contributed by atoms with E-state index in [0.717, 1.165) is 47.0 Å². The summed E-state index contributed by atoms with van der Waals surface area (Å²) in [5.74, 6) is 1.90. The number of aryl methyl sites for hydroxylation is 1. The van der Waals surface area contributed by atoms with Crippen LogP contribution in [0.2, 0.25) is 0 Å². The highest BCUT2D eigenvalue weighted by molar-refractivity contribution is 14.0. The SMILES string of the molecule is I.NC(=NCCCc1nc2ccccc2s1)Nc1ccc2c(c1)OCCCO2. The molecule has 1 aromatic heterocycles. The van der Waals surface area contributed by atoms with Crippen LogP contribution in [0.25, 0.3) is 10.2 Å². The Hall–Kier alpha value is -2.07. The standard InChI is InChI=1S/C20H22N4O2S.HI/c21-20(23-14-8-9-16-17(13-14)26-12-4-11-25-16)22-10-3-7-19-24-15-5-1-2-6-18(15)27-19;/h1-2,5-6,8-9,13H,3-4,7,10-12H2,(H3,21,22,23);1H. The Kier molecular flexibility index (Phi) is 7.32. The van der Waals surface area contributed by atoms with Crippen molar-refractivity contribution in [2.24, 2.45) is 10.7 Å². The Bertz CT molecular complexity index is 927. The zero-order valence-electron chi connectivity index (χ0n) is 15.4. The van der Waals surface area contributed by atoms with E-state index in [2.05, 4.69) is 21.4 Å². The van der Waals surface area contributed by atoms with Crippen molar-refractivity contribution >= 4 is 57.2 Å². The number of aliphatic imine (C=N–C) groups is 1. The molecule has 6 nitrogen and oxygen atoms in total. The van der Waals surface area contributed by atoms with Gasteiger partial charge in [0.15, 0.2) is 17.5 Å². The van der Waals surface area contributed by atoms with Crippen molar-refractivity contribution in [3.05, 3.63) is 47.5 Å². The summed E-state index contributed by atoms with van der Waals surface area (Å²) in [7, 11) is 0. The van der Waals surface area contributed by atoms with Crippen molar-refractivity contribution in [1.82, 2.24) is 4.98 Å². The monoisotopic (exact) mass is 510 g/mol. The van der Waals surface area contributed by atoms with Gasteiger partial charge >= 0.3 is 0 Å². The molecule has 0 atom stereocenters. The molecule has 0 saturated heterocycles. The van der Waals surface area contributed by atoms with Gasteiger partial charge in [-0.3, -0.25) is 4.99 Å². The number of fused-ring (bicyclic) bond motifs is 2. The van der Waals surface area contributed by atoms with Gasteiger partial charge in [-0.25, -0.2) is 4.98 Å². The second-order valence-corrected chi connectivity index (χ2v) is 7.40. The van der Waals surface area contributed by atoms with E-state index in [1.54, 1.807) is 11.3 Å². The van der Waals surface area contributed by atoms with E-state index in [9.17, 15) is 0 Å². The summed E-state index contributed by atoms with van der Waals surface area (Å²) >= 11 is 1.74. The van der Waals surface area contributed by atoms with Crippen molar-refractivity contribution < 1.29 is 9.47 Å². The van der Waals surface area contributed by atoms with Gasteiger partial charge in [-0.05, 0) is 30.7 Å². The quantitative estimate of drug-likeness (QED) is 0.230. The molecule has 3 aromatic rings. The molecule has 0 aliphatic carbocycles. The number of hydrogen-bond acceptors (Lipinski definition) is 5. The van der Waals surface area contributed by atoms with Crippen LogP contribution in [0.15, 0.2) is 47.5 Å². The first-order chi connectivity index (χ1) is 13.3. The van der Waals surface area contributed by atoms with Gasteiger partial charge < -0.3 is 20.5 Å². The third kappa shape index (κ3) is 5.26. The highest BCUT2D eigenvalue weighted by Crippen LogP contribution is 2.32. The summed E-state index contributed by atoms with van der Waals surface area (Å²) in [6.45, 7) is 1.99. The van der Waals surface area contributed by atoms with E-state index in [1.165, 1.54) is 4.70 Å². The number of aromatic nitrogens is 1. The summed E-state index contributed by atoms with van der Waals surface area (Å²) in [4.78, 5) is 9.05. The number of thiazole rings is 1. The molecule has 2 heterocycles. The molecule has 2 aromatic carbocycles. The largest absolute Gasteiger partial charge is 0.490 e. The highest BCUT2D eigenvalue weighted by atomic mass is 127. The maximum Gasteiger partial charge on any atom is 0.193 e. The lowest BCUT2D eigenvalue weighted by Crippen LogP contribution is -2.22. The molecular formula is C20H23IN4O2S. The van der Waals surface area contributed by atoms with Gasteiger partial charge in [0, 0.05) is 31.1 Å². The molecule has 3 N–H and O–H groups in total. The lowest BCUT2D eigenvalue weighted by atomic mass is 10.3. The van der Waals surface area contributed by atoms with E-state index in [1.807, 2.05) is 36.4 Å². The maximum absolute atomic E-state index is 6.01. The van der Waals surface area contributed by atoms with Crippen LogP contribution in [-0.2, 0) is 6.42 Å². The zero-order chi connectivity index (χ0) is 18.5. The normalized spacial score (nSPS) is 13.6. The van der Waals surface area contributed by atoms with Crippen molar-refractivity contribution in [1.29, 1.82) is 0 Å². The molecule has 8 heteroatoms. The lowest BCUT2D eigenvalue weighted by Gasteiger charge is -2.10. The third-order valence-corrected chi connectivity index (χ3v) is 5.29. The van der Waals surface area contributed by atoms with Crippen LogP contribution in [0, 0.1) is 0 Å². The Morgan fingerprint density at radius 3 is 2.82 bits per heavy atom. The average molecular weight is 510 g/mol. The molecule has 0 bridgehead atoms. The smallest absolute Gasteiger partial charge is 0.193 e. The first-order valence-corrected chi connectivity index (χ1v) is 9.91. The number of halogens is 1. The van der Waals surface area contributed by atoms with Gasteiger partial charge in [0.1, 0.15) is 0 Å². The Morgan fingerprint density at radius 2 is 1.96 bits per heavy atom. The van der Waals surface area contributed by atoms with Gasteiger partial charge in [-0.2, -0.15) is 0 Å². The van der Waals surface area contributed by atoms with Crippen molar-refractivity contribution in [3.63, 3.8) is 0 Å². The molecule has 0 spiro atoms. The van der Waals surface area contributed by atoms with E-state index < -0.39 is 0 Å². The Labute approximate surface area is 185 Å². The van der Waals surface area contributed by atoms with Crippen LogP contribution in [0.3, 0.4) is 0 Å². The topological polar surface area (TPSA) is 81.8 Å². The first kappa shape index (κ1) is 20.7. The Morgan fingerprint density at radius 1 is 1.14 bits per heavy atom. The van der Waals surface area contributed by atoms with Gasteiger partial charge in [-0.15, -0.1) is 35.3 Å². The fourth-order valence-corrected chi connectivity index (χ4v) is 3.89. The summed E-state index contributed by atoms with van der Waals surface area (Å²) < 4.78 is 12.6. The van der Waals surface area contributed by atoms with Crippen molar-refractivity contribution in [3.8, 4) is 11.5 Å². The maximum atomic E-state index is 6.01. The average Bonchev–Trinajstić information content (AvgIpc) is 2.95. The fourth-order valence-electron chi connectivity index (χ4n) is 2.89.